The van der Waals surface area contributed by atoms with Gasteiger partial charge in [0.15, 0.2) is 0 Å². The van der Waals surface area contributed by atoms with Crippen LogP contribution in [0, 0.1) is 0 Å². The summed E-state index contributed by atoms with van der Waals surface area (Å²) in [5, 5.41) is 6.67. The summed E-state index contributed by atoms with van der Waals surface area (Å²) < 4.78 is 5.74. The Labute approximate surface area is 147 Å². The summed E-state index contributed by atoms with van der Waals surface area (Å²) in [4.78, 5) is 16.1. The first-order chi connectivity index (χ1) is 12.3. The SMILES string of the molecule is O=C(NCCOc1cccc2cccnc12)NCCc1ccccc1. The Balaban J connectivity index is 1.37. The van der Waals surface area contributed by atoms with E-state index in [9.17, 15) is 4.79 Å². The number of aromatic nitrogens is 1. The van der Waals surface area contributed by atoms with Crippen molar-refractivity contribution in [3.05, 3.63) is 72.4 Å². The maximum absolute atomic E-state index is 11.8. The third-order valence-corrected chi connectivity index (χ3v) is 3.78. The van der Waals surface area contributed by atoms with Gasteiger partial charge in [-0.1, -0.05) is 48.5 Å². The Kier molecular flexibility index (Phi) is 5.82. The van der Waals surface area contributed by atoms with Gasteiger partial charge in [0, 0.05) is 18.1 Å². The van der Waals surface area contributed by atoms with E-state index in [1.165, 1.54) is 5.56 Å². The van der Waals surface area contributed by atoms with Crippen molar-refractivity contribution >= 4 is 16.9 Å². The fraction of sp³-hybridized carbons (Fsp3) is 0.200. The molecule has 0 aliphatic carbocycles. The molecule has 1 aromatic heterocycles. The zero-order valence-corrected chi connectivity index (χ0v) is 13.9. The number of carbonyl (C=O) groups is 1. The molecule has 0 radical (unpaired) electrons. The summed E-state index contributed by atoms with van der Waals surface area (Å²) >= 11 is 0. The second-order valence-electron chi connectivity index (χ2n) is 5.60. The van der Waals surface area contributed by atoms with Crippen LogP contribution in [-0.2, 0) is 6.42 Å². The average molecular weight is 335 g/mol. The number of fused-ring (bicyclic) bond motifs is 1. The first-order valence-electron chi connectivity index (χ1n) is 8.35. The van der Waals surface area contributed by atoms with Crippen LogP contribution in [0.25, 0.3) is 10.9 Å². The van der Waals surface area contributed by atoms with Gasteiger partial charge in [-0.3, -0.25) is 4.98 Å². The number of ether oxygens (including phenoxy) is 1. The van der Waals surface area contributed by atoms with Gasteiger partial charge in [-0.15, -0.1) is 0 Å². The van der Waals surface area contributed by atoms with Crippen LogP contribution in [0.4, 0.5) is 4.79 Å². The summed E-state index contributed by atoms with van der Waals surface area (Å²) in [6.07, 6.45) is 2.56. The van der Waals surface area contributed by atoms with E-state index in [-0.39, 0.29) is 6.03 Å². The highest BCUT2D eigenvalue weighted by Gasteiger charge is 2.03. The lowest BCUT2D eigenvalue weighted by molar-refractivity contribution is 0.237. The molecule has 2 amide bonds. The Morgan fingerprint density at radius 2 is 1.72 bits per heavy atom. The lowest BCUT2D eigenvalue weighted by atomic mass is 10.1. The molecule has 0 aliphatic rings. The van der Waals surface area contributed by atoms with Crippen LogP contribution in [0.5, 0.6) is 5.75 Å². The third kappa shape index (κ3) is 4.94. The number of urea groups is 1. The largest absolute Gasteiger partial charge is 0.489 e. The van der Waals surface area contributed by atoms with E-state index in [2.05, 4.69) is 15.6 Å². The maximum Gasteiger partial charge on any atom is 0.314 e. The first-order valence-corrected chi connectivity index (χ1v) is 8.35. The van der Waals surface area contributed by atoms with Gasteiger partial charge in [0.1, 0.15) is 17.9 Å². The number of hydrogen-bond donors (Lipinski definition) is 2. The molecule has 0 spiro atoms. The van der Waals surface area contributed by atoms with Crippen molar-refractivity contribution in [2.75, 3.05) is 19.7 Å². The highest BCUT2D eigenvalue weighted by Crippen LogP contribution is 2.22. The smallest absolute Gasteiger partial charge is 0.314 e. The molecule has 3 aromatic rings. The Hall–Kier alpha value is -3.08. The predicted octanol–water partition coefficient (Wildman–Crippen LogP) is 3.16. The number of nitrogens with one attached hydrogen (secondary N) is 2. The molecule has 2 N–H and O–H groups in total. The van der Waals surface area contributed by atoms with Crippen molar-refractivity contribution in [3.8, 4) is 5.75 Å². The topological polar surface area (TPSA) is 63.2 Å². The quantitative estimate of drug-likeness (QED) is 0.652. The molecule has 128 valence electrons. The van der Waals surface area contributed by atoms with Crippen LogP contribution in [-0.4, -0.2) is 30.7 Å². The second kappa shape index (κ2) is 8.68. The molecule has 0 unspecified atom stereocenters. The van der Waals surface area contributed by atoms with Gasteiger partial charge in [0.05, 0.1) is 6.54 Å². The van der Waals surface area contributed by atoms with Gasteiger partial charge in [0.2, 0.25) is 0 Å². The highest BCUT2D eigenvalue weighted by atomic mass is 16.5. The zero-order valence-electron chi connectivity index (χ0n) is 13.9. The molecule has 0 fully saturated rings. The number of benzene rings is 2. The van der Waals surface area contributed by atoms with E-state index in [0.29, 0.717) is 19.7 Å². The van der Waals surface area contributed by atoms with Crippen molar-refractivity contribution in [1.29, 1.82) is 0 Å². The molecule has 0 atom stereocenters. The van der Waals surface area contributed by atoms with Crippen LogP contribution >= 0.6 is 0 Å². The predicted molar refractivity (Wildman–Crippen MR) is 98.8 cm³/mol. The average Bonchev–Trinajstić information content (AvgIpc) is 2.66. The molecule has 1 heterocycles. The van der Waals surface area contributed by atoms with Gasteiger partial charge in [-0.2, -0.15) is 0 Å². The summed E-state index contributed by atoms with van der Waals surface area (Å²) in [5.74, 6) is 0.726. The number of rotatable bonds is 7. The van der Waals surface area contributed by atoms with Crippen LogP contribution in [0.1, 0.15) is 5.56 Å². The van der Waals surface area contributed by atoms with Gasteiger partial charge < -0.3 is 15.4 Å². The van der Waals surface area contributed by atoms with Gasteiger partial charge in [-0.05, 0) is 24.1 Å². The zero-order chi connectivity index (χ0) is 17.3. The molecule has 5 nitrogen and oxygen atoms in total. The van der Waals surface area contributed by atoms with Crippen LogP contribution in [0.2, 0.25) is 0 Å². The molecule has 3 rings (SSSR count). The molecule has 25 heavy (non-hydrogen) atoms. The van der Waals surface area contributed by atoms with E-state index in [1.807, 2.05) is 60.7 Å². The minimum absolute atomic E-state index is 0.185. The van der Waals surface area contributed by atoms with Gasteiger partial charge in [0.25, 0.3) is 0 Å². The van der Waals surface area contributed by atoms with E-state index in [4.69, 9.17) is 4.74 Å². The van der Waals surface area contributed by atoms with Gasteiger partial charge >= 0.3 is 6.03 Å². The number of amides is 2. The van der Waals surface area contributed by atoms with Crippen molar-refractivity contribution < 1.29 is 9.53 Å². The first kappa shape index (κ1) is 16.8. The van der Waals surface area contributed by atoms with Crippen LogP contribution in [0.3, 0.4) is 0 Å². The van der Waals surface area contributed by atoms with E-state index in [0.717, 1.165) is 23.1 Å². The number of para-hydroxylation sites is 1. The van der Waals surface area contributed by atoms with E-state index in [1.54, 1.807) is 6.20 Å². The second-order valence-corrected chi connectivity index (χ2v) is 5.60. The standard InChI is InChI=1S/C20H21N3O2/c24-20(22-13-11-16-6-2-1-3-7-16)23-14-15-25-18-10-4-8-17-9-5-12-21-19(17)18/h1-10,12H,11,13-15H2,(H2,22,23,24). The molecular formula is C20H21N3O2. The third-order valence-electron chi connectivity index (χ3n) is 3.78. The minimum atomic E-state index is -0.185. The normalized spacial score (nSPS) is 10.4. The van der Waals surface area contributed by atoms with E-state index >= 15 is 0 Å². The summed E-state index contributed by atoms with van der Waals surface area (Å²) in [7, 11) is 0. The number of nitrogens with zero attached hydrogens (tertiary/aromatic N) is 1. The Morgan fingerprint density at radius 1 is 0.920 bits per heavy atom. The number of carbonyl (C=O) groups excluding carboxylic acids is 1. The lowest BCUT2D eigenvalue weighted by Gasteiger charge is -2.10. The molecule has 0 aliphatic heterocycles. The fourth-order valence-corrected chi connectivity index (χ4v) is 2.55. The van der Waals surface area contributed by atoms with Crippen molar-refractivity contribution in [2.45, 2.75) is 6.42 Å². The summed E-state index contributed by atoms with van der Waals surface area (Å²) in [6, 6.07) is 19.6. The summed E-state index contributed by atoms with van der Waals surface area (Å²) in [5.41, 5.74) is 2.03. The summed E-state index contributed by atoms with van der Waals surface area (Å²) in [6.45, 7) is 1.42. The lowest BCUT2D eigenvalue weighted by Crippen LogP contribution is -2.38. The maximum atomic E-state index is 11.8. The Bertz CT molecular complexity index is 816. The van der Waals surface area contributed by atoms with Crippen molar-refractivity contribution in [3.63, 3.8) is 0 Å². The monoisotopic (exact) mass is 335 g/mol. The highest BCUT2D eigenvalue weighted by molar-refractivity contribution is 5.84. The number of hydrogen-bond acceptors (Lipinski definition) is 3. The van der Waals surface area contributed by atoms with Crippen LogP contribution in [0.15, 0.2) is 66.9 Å². The van der Waals surface area contributed by atoms with Gasteiger partial charge in [-0.25, -0.2) is 4.79 Å². The molecule has 0 bridgehead atoms. The van der Waals surface area contributed by atoms with Crippen LogP contribution < -0.4 is 15.4 Å². The van der Waals surface area contributed by atoms with Crippen molar-refractivity contribution in [1.82, 2.24) is 15.6 Å². The number of pyridine rings is 1. The molecule has 5 heteroatoms. The Morgan fingerprint density at radius 3 is 2.60 bits per heavy atom. The van der Waals surface area contributed by atoms with Crippen molar-refractivity contribution in [2.24, 2.45) is 0 Å². The molecular weight excluding hydrogens is 314 g/mol. The molecule has 0 saturated carbocycles. The molecule has 0 saturated heterocycles. The fourth-order valence-electron chi connectivity index (χ4n) is 2.55. The molecule has 2 aromatic carbocycles. The minimum Gasteiger partial charge on any atom is -0.489 e. The van der Waals surface area contributed by atoms with E-state index < -0.39 is 0 Å².